The number of nitrogens with zero attached hydrogens (tertiary/aromatic N) is 3. The van der Waals surface area contributed by atoms with Crippen LogP contribution in [0.3, 0.4) is 0 Å². The Hall–Kier alpha value is -3.58. The number of amides is 1. The Labute approximate surface area is 166 Å². The molecule has 148 valence electrons. The average molecular weight is 393 g/mol. The van der Waals surface area contributed by atoms with Gasteiger partial charge in [0.1, 0.15) is 11.5 Å². The monoisotopic (exact) mass is 393 g/mol. The van der Waals surface area contributed by atoms with Gasteiger partial charge < -0.3 is 19.7 Å². The molecule has 3 aromatic rings. The standard InChI is InChI=1S/C21H19N3O5/c1-28-19-8-13-5-12(3-4-21(27)23-24-22)17-9-20(29-2)15(11-26)7-18(17)16(13)6-14(19)10-25/h3-9,25-26H,10-11H2,1-2H3/b4-3+. The van der Waals surface area contributed by atoms with Gasteiger partial charge in [0, 0.05) is 16.0 Å². The van der Waals surface area contributed by atoms with E-state index in [4.69, 9.17) is 15.0 Å². The molecule has 0 fully saturated rings. The molecule has 0 heterocycles. The Bertz CT molecular complexity index is 1180. The quantitative estimate of drug-likeness (QED) is 0.216. The average Bonchev–Trinajstić information content (AvgIpc) is 2.75. The minimum atomic E-state index is -0.715. The van der Waals surface area contributed by atoms with Gasteiger partial charge in [-0.2, -0.15) is 0 Å². The highest BCUT2D eigenvalue weighted by Crippen LogP contribution is 2.37. The van der Waals surface area contributed by atoms with E-state index in [1.165, 1.54) is 20.3 Å². The topological polar surface area (TPSA) is 125 Å². The molecule has 0 saturated heterocycles. The zero-order valence-electron chi connectivity index (χ0n) is 15.9. The number of aliphatic hydroxyl groups excluding tert-OH is 2. The third-order valence-electron chi connectivity index (χ3n) is 4.67. The number of rotatable bonds is 6. The van der Waals surface area contributed by atoms with Crippen molar-refractivity contribution in [3.05, 3.63) is 63.5 Å². The molecule has 0 aromatic heterocycles. The zero-order chi connectivity index (χ0) is 21.0. The number of carbonyl (C=O) groups is 1. The molecule has 3 aromatic carbocycles. The molecule has 0 aliphatic rings. The summed E-state index contributed by atoms with van der Waals surface area (Å²) < 4.78 is 10.7. The van der Waals surface area contributed by atoms with Gasteiger partial charge >= 0.3 is 0 Å². The lowest BCUT2D eigenvalue weighted by Crippen LogP contribution is -1.96. The molecular weight excluding hydrogens is 374 g/mol. The van der Waals surface area contributed by atoms with E-state index in [1.807, 2.05) is 18.2 Å². The van der Waals surface area contributed by atoms with Gasteiger partial charge in [0.05, 0.1) is 27.4 Å². The first kappa shape index (κ1) is 20.2. The summed E-state index contributed by atoms with van der Waals surface area (Å²) in [6.45, 7) is -0.398. The highest BCUT2D eigenvalue weighted by Gasteiger charge is 2.13. The van der Waals surface area contributed by atoms with Gasteiger partial charge in [-0.1, -0.05) is 6.08 Å². The minimum Gasteiger partial charge on any atom is -0.496 e. The van der Waals surface area contributed by atoms with Crippen molar-refractivity contribution in [2.45, 2.75) is 13.2 Å². The normalized spacial score (nSPS) is 11.0. The van der Waals surface area contributed by atoms with Crippen molar-refractivity contribution in [3.63, 3.8) is 0 Å². The summed E-state index contributed by atoms with van der Waals surface area (Å²) in [7, 11) is 3.03. The van der Waals surface area contributed by atoms with E-state index in [0.29, 0.717) is 28.2 Å². The third-order valence-corrected chi connectivity index (χ3v) is 4.67. The van der Waals surface area contributed by atoms with Gasteiger partial charge in [-0.25, -0.2) is 0 Å². The molecular formula is C21H19N3O5. The second-order valence-electron chi connectivity index (χ2n) is 6.24. The van der Waals surface area contributed by atoms with Gasteiger partial charge in [0.15, 0.2) is 0 Å². The number of aliphatic hydroxyl groups is 2. The number of hydrogen-bond donors (Lipinski definition) is 2. The van der Waals surface area contributed by atoms with Gasteiger partial charge in [-0.15, -0.1) is 0 Å². The number of fused-ring (bicyclic) bond motifs is 3. The smallest absolute Gasteiger partial charge is 0.242 e. The van der Waals surface area contributed by atoms with E-state index < -0.39 is 5.91 Å². The van der Waals surface area contributed by atoms with E-state index in [1.54, 1.807) is 18.2 Å². The first-order valence-electron chi connectivity index (χ1n) is 8.69. The second kappa shape index (κ2) is 8.62. The molecule has 29 heavy (non-hydrogen) atoms. The minimum absolute atomic E-state index is 0.189. The summed E-state index contributed by atoms with van der Waals surface area (Å²) in [6, 6.07) is 9.09. The van der Waals surface area contributed by atoms with Crippen LogP contribution in [0, 0.1) is 0 Å². The summed E-state index contributed by atoms with van der Waals surface area (Å²) in [6.07, 6.45) is 2.75. The van der Waals surface area contributed by atoms with Crippen LogP contribution in [0.5, 0.6) is 11.5 Å². The third kappa shape index (κ3) is 3.86. The summed E-state index contributed by atoms with van der Waals surface area (Å²) >= 11 is 0. The maximum atomic E-state index is 11.6. The van der Waals surface area contributed by atoms with Crippen LogP contribution in [0.2, 0.25) is 0 Å². The summed E-state index contributed by atoms with van der Waals surface area (Å²) in [5.74, 6) is 0.328. The molecule has 3 rings (SSSR count). The van der Waals surface area contributed by atoms with Crippen LogP contribution in [0.25, 0.3) is 38.1 Å². The van der Waals surface area contributed by atoms with Gasteiger partial charge in [-0.05, 0) is 74.2 Å². The Balaban J connectivity index is 2.40. The SMILES string of the molecule is COc1cc2cc(/C=C/C(=O)N=[N+]=[N-])c3cc(OC)c(CO)cc3c2cc1CO. The van der Waals surface area contributed by atoms with Gasteiger partial charge in [-0.3, -0.25) is 4.79 Å². The lowest BCUT2D eigenvalue weighted by Gasteiger charge is -2.15. The first-order valence-corrected chi connectivity index (χ1v) is 8.69. The van der Waals surface area contributed by atoms with Crippen molar-refractivity contribution < 1.29 is 24.5 Å². The van der Waals surface area contributed by atoms with Crippen molar-refractivity contribution in [1.82, 2.24) is 0 Å². The molecule has 1 amide bonds. The molecule has 8 heteroatoms. The number of benzene rings is 3. The fourth-order valence-corrected chi connectivity index (χ4v) is 3.33. The van der Waals surface area contributed by atoms with Crippen molar-refractivity contribution in [1.29, 1.82) is 0 Å². The van der Waals surface area contributed by atoms with Gasteiger partial charge in [0.2, 0.25) is 5.91 Å². The van der Waals surface area contributed by atoms with Crippen LogP contribution in [-0.4, -0.2) is 30.3 Å². The second-order valence-corrected chi connectivity index (χ2v) is 6.24. The number of azide groups is 1. The first-order chi connectivity index (χ1) is 14.1. The lowest BCUT2D eigenvalue weighted by atomic mass is 9.93. The predicted octanol–water partition coefficient (Wildman–Crippen LogP) is 3.84. The highest BCUT2D eigenvalue weighted by atomic mass is 16.5. The molecule has 0 spiro atoms. The van der Waals surface area contributed by atoms with E-state index >= 15 is 0 Å². The number of methoxy groups -OCH3 is 2. The Morgan fingerprint density at radius 2 is 1.62 bits per heavy atom. The predicted molar refractivity (Wildman–Crippen MR) is 110 cm³/mol. The maximum absolute atomic E-state index is 11.6. The maximum Gasteiger partial charge on any atom is 0.242 e. The molecule has 0 atom stereocenters. The molecule has 0 aliphatic carbocycles. The van der Waals surface area contributed by atoms with E-state index in [0.717, 1.165) is 21.5 Å². The molecule has 0 saturated carbocycles. The number of ether oxygens (including phenoxy) is 2. The summed E-state index contributed by atoms with van der Waals surface area (Å²) in [5, 5.41) is 25.7. The number of hydrogen-bond acceptors (Lipinski definition) is 5. The molecule has 0 unspecified atom stereocenters. The fraction of sp³-hybridized carbons (Fsp3) is 0.190. The molecule has 2 N–H and O–H groups in total. The molecule has 0 radical (unpaired) electrons. The van der Waals surface area contributed by atoms with E-state index in [-0.39, 0.29) is 13.2 Å². The van der Waals surface area contributed by atoms with Gasteiger partial charge in [0.25, 0.3) is 0 Å². The highest BCUT2D eigenvalue weighted by molar-refractivity contribution is 6.12. The van der Waals surface area contributed by atoms with E-state index in [9.17, 15) is 15.0 Å². The largest absolute Gasteiger partial charge is 0.496 e. The summed E-state index contributed by atoms with van der Waals surface area (Å²) in [5.41, 5.74) is 10.3. The van der Waals surface area contributed by atoms with Crippen LogP contribution < -0.4 is 9.47 Å². The lowest BCUT2D eigenvalue weighted by molar-refractivity contribution is -0.113. The van der Waals surface area contributed by atoms with Crippen LogP contribution >= 0.6 is 0 Å². The van der Waals surface area contributed by atoms with Crippen LogP contribution in [0.1, 0.15) is 16.7 Å². The Morgan fingerprint density at radius 3 is 2.21 bits per heavy atom. The van der Waals surface area contributed by atoms with Crippen molar-refractivity contribution in [3.8, 4) is 11.5 Å². The van der Waals surface area contributed by atoms with Crippen molar-refractivity contribution in [2.75, 3.05) is 14.2 Å². The summed E-state index contributed by atoms with van der Waals surface area (Å²) in [4.78, 5) is 14.1. The van der Waals surface area contributed by atoms with Crippen LogP contribution in [0.4, 0.5) is 0 Å². The van der Waals surface area contributed by atoms with Crippen molar-refractivity contribution >= 4 is 33.5 Å². The molecule has 0 aliphatic heterocycles. The Morgan fingerprint density at radius 1 is 1.00 bits per heavy atom. The zero-order valence-corrected chi connectivity index (χ0v) is 15.9. The van der Waals surface area contributed by atoms with Crippen LogP contribution in [0.15, 0.2) is 41.5 Å². The van der Waals surface area contributed by atoms with Crippen molar-refractivity contribution in [2.24, 2.45) is 5.11 Å². The number of carbonyl (C=O) groups excluding carboxylic acids is 1. The van der Waals surface area contributed by atoms with E-state index in [2.05, 4.69) is 10.0 Å². The molecule has 8 nitrogen and oxygen atoms in total. The Kier molecular flexibility index (Phi) is 5.99. The van der Waals surface area contributed by atoms with Crippen LogP contribution in [-0.2, 0) is 18.0 Å². The fourth-order valence-electron chi connectivity index (χ4n) is 3.33. The molecule has 0 bridgehead atoms.